The van der Waals surface area contributed by atoms with Gasteiger partial charge in [0.1, 0.15) is 10.9 Å². The summed E-state index contributed by atoms with van der Waals surface area (Å²) in [6.07, 6.45) is 0.827. The summed E-state index contributed by atoms with van der Waals surface area (Å²) in [6, 6.07) is 10.2. The number of nitrogens with zero attached hydrogens (tertiary/aromatic N) is 2. The number of halogens is 1. The minimum atomic E-state index is -0.261. The van der Waals surface area contributed by atoms with Crippen LogP contribution in [-0.4, -0.2) is 27.7 Å². The van der Waals surface area contributed by atoms with Crippen molar-refractivity contribution in [2.24, 2.45) is 0 Å². The van der Waals surface area contributed by atoms with E-state index < -0.39 is 0 Å². The van der Waals surface area contributed by atoms with Crippen molar-refractivity contribution in [2.45, 2.75) is 11.3 Å². The fourth-order valence-electron chi connectivity index (χ4n) is 1.33. The number of rotatable bonds is 6. The molecule has 7 heteroatoms. The fraction of sp³-hybridized carbons (Fsp3) is 0.250. The zero-order valence-electron chi connectivity index (χ0n) is 10.0. The van der Waals surface area contributed by atoms with Crippen LogP contribution in [0.5, 0.6) is 0 Å². The zero-order valence-corrected chi connectivity index (χ0v) is 12.4. The molecule has 1 aromatic heterocycles. The van der Waals surface area contributed by atoms with Crippen molar-refractivity contribution in [1.29, 1.82) is 0 Å². The van der Waals surface area contributed by atoms with Crippen LogP contribution in [-0.2, 0) is 11.2 Å². The largest absolute Gasteiger partial charge is 0.299 e. The average Bonchev–Trinajstić information content (AvgIpc) is 2.87. The first-order valence-electron chi connectivity index (χ1n) is 5.64. The van der Waals surface area contributed by atoms with E-state index in [1.54, 1.807) is 11.8 Å². The van der Waals surface area contributed by atoms with Gasteiger partial charge in [-0.1, -0.05) is 29.5 Å². The Bertz CT molecular complexity index is 533. The summed E-state index contributed by atoms with van der Waals surface area (Å²) in [5.74, 6) is 0.601. The average molecular weight is 314 g/mol. The summed E-state index contributed by atoms with van der Waals surface area (Å²) in [7, 11) is 0. The summed E-state index contributed by atoms with van der Waals surface area (Å²) in [5.41, 5.74) is 0. The van der Waals surface area contributed by atoms with Crippen molar-refractivity contribution in [3.05, 3.63) is 35.3 Å². The SMILES string of the molecule is O=C(CCl)Nc1nnc(CCSc2ccccc2)s1. The van der Waals surface area contributed by atoms with Crippen LogP contribution >= 0.6 is 34.7 Å². The molecule has 2 aromatic rings. The molecule has 0 saturated carbocycles. The highest BCUT2D eigenvalue weighted by molar-refractivity contribution is 7.99. The summed E-state index contributed by atoms with van der Waals surface area (Å²) in [4.78, 5) is 12.3. The molecular formula is C12H12ClN3OS2. The summed E-state index contributed by atoms with van der Waals surface area (Å²) in [6.45, 7) is 0. The highest BCUT2D eigenvalue weighted by atomic mass is 35.5. The molecule has 0 aliphatic carbocycles. The van der Waals surface area contributed by atoms with Gasteiger partial charge in [0, 0.05) is 17.1 Å². The Kier molecular flexibility index (Phi) is 5.62. The van der Waals surface area contributed by atoms with Crippen LogP contribution in [0, 0.1) is 0 Å². The number of nitrogens with one attached hydrogen (secondary N) is 1. The van der Waals surface area contributed by atoms with Gasteiger partial charge in [0.05, 0.1) is 0 Å². The van der Waals surface area contributed by atoms with Crippen LogP contribution in [0.2, 0.25) is 0 Å². The minimum Gasteiger partial charge on any atom is -0.299 e. The number of benzene rings is 1. The van der Waals surface area contributed by atoms with Crippen LogP contribution in [0.4, 0.5) is 5.13 Å². The number of anilines is 1. The van der Waals surface area contributed by atoms with Crippen LogP contribution < -0.4 is 5.32 Å². The maximum Gasteiger partial charge on any atom is 0.241 e. The molecule has 1 aromatic carbocycles. The van der Waals surface area contributed by atoms with Gasteiger partial charge in [-0.05, 0) is 12.1 Å². The van der Waals surface area contributed by atoms with Crippen molar-refractivity contribution in [1.82, 2.24) is 10.2 Å². The maximum absolute atomic E-state index is 11.1. The Hall–Kier alpha value is -1.11. The van der Waals surface area contributed by atoms with Gasteiger partial charge in [-0.25, -0.2) is 0 Å². The molecule has 100 valence electrons. The van der Waals surface area contributed by atoms with Gasteiger partial charge in [0.25, 0.3) is 0 Å². The standard InChI is InChI=1S/C12H12ClN3OS2/c13-8-10(17)14-12-16-15-11(19-12)6-7-18-9-4-2-1-3-5-9/h1-5H,6-8H2,(H,14,16,17). The number of aromatic nitrogens is 2. The summed E-state index contributed by atoms with van der Waals surface area (Å²) in [5, 5.41) is 11.9. The van der Waals surface area contributed by atoms with Crippen molar-refractivity contribution in [2.75, 3.05) is 16.9 Å². The lowest BCUT2D eigenvalue weighted by Gasteiger charge is -1.98. The molecule has 0 spiro atoms. The molecule has 0 radical (unpaired) electrons. The first kappa shape index (κ1) is 14.3. The van der Waals surface area contributed by atoms with E-state index in [0.717, 1.165) is 17.2 Å². The molecule has 0 aliphatic rings. The van der Waals surface area contributed by atoms with Gasteiger partial charge in [-0.15, -0.1) is 33.6 Å². The third kappa shape index (κ3) is 4.81. The Morgan fingerprint density at radius 3 is 2.84 bits per heavy atom. The molecule has 0 aliphatic heterocycles. The lowest BCUT2D eigenvalue weighted by Crippen LogP contribution is -2.12. The number of aryl methyl sites for hydroxylation is 1. The summed E-state index contributed by atoms with van der Waals surface area (Å²) < 4.78 is 0. The second-order valence-electron chi connectivity index (χ2n) is 3.59. The van der Waals surface area contributed by atoms with E-state index in [0.29, 0.717) is 5.13 Å². The molecule has 0 atom stereocenters. The molecule has 1 amide bonds. The van der Waals surface area contributed by atoms with Crippen LogP contribution in [0.3, 0.4) is 0 Å². The highest BCUT2D eigenvalue weighted by Crippen LogP contribution is 2.21. The Balaban J connectivity index is 1.79. The monoisotopic (exact) mass is 313 g/mol. The number of hydrogen-bond donors (Lipinski definition) is 1. The topological polar surface area (TPSA) is 54.9 Å². The van der Waals surface area contributed by atoms with Gasteiger partial charge >= 0.3 is 0 Å². The van der Waals surface area contributed by atoms with E-state index in [1.807, 2.05) is 18.2 Å². The Morgan fingerprint density at radius 1 is 1.32 bits per heavy atom. The number of thioether (sulfide) groups is 1. The molecule has 0 saturated heterocycles. The van der Waals surface area contributed by atoms with Gasteiger partial charge in [0.2, 0.25) is 11.0 Å². The molecule has 4 nitrogen and oxygen atoms in total. The van der Waals surface area contributed by atoms with E-state index >= 15 is 0 Å². The van der Waals surface area contributed by atoms with Crippen molar-refractivity contribution < 1.29 is 4.79 Å². The maximum atomic E-state index is 11.1. The summed E-state index contributed by atoms with van der Waals surface area (Å²) >= 11 is 8.56. The first-order valence-corrected chi connectivity index (χ1v) is 7.97. The number of alkyl halides is 1. The van der Waals surface area contributed by atoms with Gasteiger partial charge in [-0.2, -0.15) is 0 Å². The lowest BCUT2D eigenvalue weighted by atomic mass is 10.4. The molecule has 0 bridgehead atoms. The second-order valence-corrected chi connectivity index (χ2v) is 6.09. The third-order valence-corrected chi connectivity index (χ3v) is 4.32. The first-order chi connectivity index (χ1) is 9.28. The fourth-order valence-corrected chi connectivity index (χ4v) is 3.16. The molecule has 1 N–H and O–H groups in total. The zero-order chi connectivity index (χ0) is 13.5. The normalized spacial score (nSPS) is 10.4. The second kappa shape index (κ2) is 7.47. The highest BCUT2D eigenvalue weighted by Gasteiger charge is 2.07. The third-order valence-electron chi connectivity index (χ3n) is 2.16. The number of carbonyl (C=O) groups is 1. The van der Waals surface area contributed by atoms with E-state index in [-0.39, 0.29) is 11.8 Å². The van der Waals surface area contributed by atoms with E-state index in [2.05, 4.69) is 27.6 Å². The van der Waals surface area contributed by atoms with E-state index in [4.69, 9.17) is 11.6 Å². The van der Waals surface area contributed by atoms with Gasteiger partial charge < -0.3 is 0 Å². The predicted molar refractivity (Wildman–Crippen MR) is 80.1 cm³/mol. The van der Waals surface area contributed by atoms with Crippen LogP contribution in [0.15, 0.2) is 35.2 Å². The lowest BCUT2D eigenvalue weighted by molar-refractivity contribution is -0.113. The Labute approximate surface area is 124 Å². The number of amides is 1. The molecule has 0 unspecified atom stereocenters. The molecule has 2 rings (SSSR count). The molecule has 19 heavy (non-hydrogen) atoms. The van der Waals surface area contributed by atoms with Crippen molar-refractivity contribution >= 4 is 45.7 Å². The molecule has 1 heterocycles. The Morgan fingerprint density at radius 2 is 2.11 bits per heavy atom. The number of hydrogen-bond acceptors (Lipinski definition) is 5. The minimum absolute atomic E-state index is 0.0707. The quantitative estimate of drug-likeness (QED) is 0.658. The smallest absolute Gasteiger partial charge is 0.241 e. The number of carbonyl (C=O) groups excluding carboxylic acids is 1. The van der Waals surface area contributed by atoms with Crippen LogP contribution in [0.1, 0.15) is 5.01 Å². The molecule has 0 fully saturated rings. The van der Waals surface area contributed by atoms with E-state index in [1.165, 1.54) is 16.2 Å². The van der Waals surface area contributed by atoms with Crippen molar-refractivity contribution in [3.8, 4) is 0 Å². The molecular weight excluding hydrogens is 302 g/mol. The van der Waals surface area contributed by atoms with E-state index in [9.17, 15) is 4.79 Å². The van der Waals surface area contributed by atoms with Gasteiger partial charge in [0.15, 0.2) is 0 Å². The predicted octanol–water partition coefficient (Wildman–Crippen LogP) is 3.05. The van der Waals surface area contributed by atoms with Gasteiger partial charge in [-0.3, -0.25) is 10.1 Å². The van der Waals surface area contributed by atoms with Crippen molar-refractivity contribution in [3.63, 3.8) is 0 Å². The van der Waals surface area contributed by atoms with Crippen LogP contribution in [0.25, 0.3) is 0 Å².